The molecule has 0 amide bonds. The van der Waals surface area contributed by atoms with Gasteiger partial charge in [0, 0.05) is 5.56 Å². The van der Waals surface area contributed by atoms with E-state index >= 15 is 0 Å². The normalized spacial score (nSPS) is 12.6. The molecule has 1 aromatic rings. The lowest BCUT2D eigenvalue weighted by atomic mass is 9.99. The van der Waals surface area contributed by atoms with Crippen molar-refractivity contribution in [3.63, 3.8) is 0 Å². The van der Waals surface area contributed by atoms with E-state index in [0.717, 1.165) is 6.92 Å². The Morgan fingerprint density at radius 1 is 0.938 bits per heavy atom. The summed E-state index contributed by atoms with van der Waals surface area (Å²) >= 11 is 0. The van der Waals surface area contributed by atoms with Crippen molar-refractivity contribution in [3.8, 4) is 0 Å². The van der Waals surface area contributed by atoms with Crippen LogP contribution in [-0.4, -0.2) is 11.1 Å². The second-order valence-corrected chi connectivity index (χ2v) is 3.04. The maximum atomic E-state index is 13.0. The van der Waals surface area contributed by atoms with Crippen LogP contribution >= 0.6 is 0 Å². The number of benzene rings is 1. The highest BCUT2D eigenvalue weighted by Crippen LogP contribution is 2.28. The third kappa shape index (κ3) is 1.72. The molecule has 0 aromatic heterocycles. The van der Waals surface area contributed by atoms with Crippen LogP contribution in [0.25, 0.3) is 0 Å². The first-order chi connectivity index (χ1) is 7.29. The minimum atomic E-state index is -2.31. The van der Waals surface area contributed by atoms with E-state index in [1.807, 2.05) is 0 Å². The summed E-state index contributed by atoms with van der Waals surface area (Å²) in [5.41, 5.74) is -1.34. The maximum Gasteiger partial charge on any atom is 0.310 e. The zero-order valence-corrected chi connectivity index (χ0v) is 7.82. The summed E-state index contributed by atoms with van der Waals surface area (Å²) in [6.07, 6.45) is 0. The Labute approximate surface area is 86.3 Å². The molecule has 1 aromatic carbocycles. The van der Waals surface area contributed by atoms with Crippen LogP contribution in [0.15, 0.2) is 0 Å². The Morgan fingerprint density at radius 3 is 1.56 bits per heavy atom. The average Bonchev–Trinajstić information content (AvgIpc) is 2.23. The van der Waals surface area contributed by atoms with Gasteiger partial charge in [0.05, 0.1) is 5.92 Å². The number of aliphatic carboxylic acids is 1. The Bertz CT molecular complexity index is 429. The number of carboxylic acids is 1. The fraction of sp³-hybridized carbons (Fsp3) is 0.222. The first-order valence-electron chi connectivity index (χ1n) is 4.03. The van der Waals surface area contributed by atoms with Crippen molar-refractivity contribution < 1.29 is 31.9 Å². The molecule has 88 valence electrons. The summed E-state index contributed by atoms with van der Waals surface area (Å²) in [4.78, 5) is 10.4. The van der Waals surface area contributed by atoms with E-state index in [4.69, 9.17) is 5.11 Å². The maximum absolute atomic E-state index is 13.0. The van der Waals surface area contributed by atoms with Gasteiger partial charge in [-0.2, -0.15) is 0 Å². The second-order valence-electron chi connectivity index (χ2n) is 3.04. The minimum absolute atomic E-state index is 0.820. The standard InChI is InChI=1S/C9H5F5O2/c1-2(9(15)16)3-4(10)6(12)8(14)7(13)5(3)11/h2H,1H3,(H,15,16). The Balaban J connectivity index is 3.57. The minimum Gasteiger partial charge on any atom is -0.481 e. The number of rotatable bonds is 2. The van der Waals surface area contributed by atoms with Crippen LogP contribution < -0.4 is 0 Å². The molecule has 0 bridgehead atoms. The summed E-state index contributed by atoms with van der Waals surface area (Å²) in [6, 6.07) is 0. The molecular formula is C9H5F5O2. The van der Waals surface area contributed by atoms with E-state index in [9.17, 15) is 26.7 Å². The predicted octanol–water partition coefficient (Wildman–Crippen LogP) is 2.57. The lowest BCUT2D eigenvalue weighted by Gasteiger charge is -2.11. The highest BCUT2D eigenvalue weighted by Gasteiger charge is 2.31. The monoisotopic (exact) mass is 240 g/mol. The van der Waals surface area contributed by atoms with Gasteiger partial charge in [0.2, 0.25) is 5.82 Å². The van der Waals surface area contributed by atoms with Gasteiger partial charge < -0.3 is 5.11 Å². The van der Waals surface area contributed by atoms with Crippen molar-refractivity contribution in [1.82, 2.24) is 0 Å². The predicted molar refractivity (Wildman–Crippen MR) is 42.3 cm³/mol. The van der Waals surface area contributed by atoms with Crippen LogP contribution in [0, 0.1) is 29.1 Å². The van der Waals surface area contributed by atoms with E-state index in [2.05, 4.69) is 0 Å². The molecule has 0 saturated carbocycles. The molecule has 0 saturated heterocycles. The van der Waals surface area contributed by atoms with Gasteiger partial charge in [-0.25, -0.2) is 22.0 Å². The fourth-order valence-corrected chi connectivity index (χ4v) is 1.13. The Kier molecular flexibility index (Phi) is 3.16. The molecule has 7 heteroatoms. The van der Waals surface area contributed by atoms with Crippen molar-refractivity contribution in [2.24, 2.45) is 0 Å². The van der Waals surface area contributed by atoms with Crippen molar-refractivity contribution in [3.05, 3.63) is 34.6 Å². The van der Waals surface area contributed by atoms with Crippen LogP contribution in [0.3, 0.4) is 0 Å². The molecule has 0 aliphatic carbocycles. The first-order valence-corrected chi connectivity index (χ1v) is 4.03. The molecular weight excluding hydrogens is 235 g/mol. The molecule has 0 fully saturated rings. The zero-order valence-electron chi connectivity index (χ0n) is 7.82. The number of carboxylic acid groups (broad SMARTS) is 1. The van der Waals surface area contributed by atoms with Crippen LogP contribution in [0.2, 0.25) is 0 Å². The van der Waals surface area contributed by atoms with Crippen LogP contribution in [0.4, 0.5) is 22.0 Å². The van der Waals surface area contributed by atoms with Gasteiger partial charge in [0.1, 0.15) is 0 Å². The van der Waals surface area contributed by atoms with E-state index < -0.39 is 46.5 Å². The molecule has 1 unspecified atom stereocenters. The SMILES string of the molecule is CC(C(=O)O)c1c(F)c(F)c(F)c(F)c1F. The van der Waals surface area contributed by atoms with Crippen molar-refractivity contribution >= 4 is 5.97 Å². The number of hydrogen-bond donors (Lipinski definition) is 1. The van der Waals surface area contributed by atoms with Gasteiger partial charge >= 0.3 is 5.97 Å². The van der Waals surface area contributed by atoms with Crippen LogP contribution in [-0.2, 0) is 4.79 Å². The largest absolute Gasteiger partial charge is 0.481 e. The van der Waals surface area contributed by atoms with Gasteiger partial charge in [-0.1, -0.05) is 0 Å². The lowest BCUT2D eigenvalue weighted by Crippen LogP contribution is -2.15. The van der Waals surface area contributed by atoms with Gasteiger partial charge in [-0.3, -0.25) is 4.79 Å². The topological polar surface area (TPSA) is 37.3 Å². The molecule has 2 nitrogen and oxygen atoms in total. The summed E-state index contributed by atoms with van der Waals surface area (Å²) in [5.74, 6) is -14.4. The summed E-state index contributed by atoms with van der Waals surface area (Å²) in [7, 11) is 0. The Hall–Kier alpha value is -1.66. The van der Waals surface area contributed by atoms with E-state index in [1.54, 1.807) is 0 Å². The van der Waals surface area contributed by atoms with E-state index in [0.29, 0.717) is 0 Å². The van der Waals surface area contributed by atoms with Gasteiger partial charge in [0.15, 0.2) is 23.3 Å². The van der Waals surface area contributed by atoms with Crippen LogP contribution in [0.1, 0.15) is 18.4 Å². The van der Waals surface area contributed by atoms with Gasteiger partial charge in [-0.05, 0) is 6.92 Å². The van der Waals surface area contributed by atoms with Crippen molar-refractivity contribution in [2.45, 2.75) is 12.8 Å². The quantitative estimate of drug-likeness (QED) is 0.490. The van der Waals surface area contributed by atoms with Gasteiger partial charge in [-0.15, -0.1) is 0 Å². The average molecular weight is 240 g/mol. The number of halogens is 5. The van der Waals surface area contributed by atoms with Crippen molar-refractivity contribution in [1.29, 1.82) is 0 Å². The second kappa shape index (κ2) is 4.07. The number of carbonyl (C=O) groups is 1. The smallest absolute Gasteiger partial charge is 0.310 e. The van der Waals surface area contributed by atoms with E-state index in [1.165, 1.54) is 0 Å². The third-order valence-corrected chi connectivity index (χ3v) is 2.05. The highest BCUT2D eigenvalue weighted by molar-refractivity contribution is 5.75. The molecule has 1 rings (SSSR count). The van der Waals surface area contributed by atoms with Crippen LogP contribution in [0.5, 0.6) is 0 Å². The first kappa shape index (κ1) is 12.4. The third-order valence-electron chi connectivity index (χ3n) is 2.05. The molecule has 0 aliphatic heterocycles. The summed E-state index contributed by atoms with van der Waals surface area (Å²) < 4.78 is 64.0. The molecule has 0 spiro atoms. The highest BCUT2D eigenvalue weighted by atomic mass is 19.2. The molecule has 1 atom stereocenters. The van der Waals surface area contributed by atoms with E-state index in [-0.39, 0.29) is 0 Å². The zero-order chi connectivity index (χ0) is 12.6. The fourth-order valence-electron chi connectivity index (χ4n) is 1.13. The molecule has 1 N–H and O–H groups in total. The summed E-state index contributed by atoms with van der Waals surface area (Å²) in [5, 5.41) is 8.46. The molecule has 0 radical (unpaired) electrons. The molecule has 0 heterocycles. The molecule has 16 heavy (non-hydrogen) atoms. The number of hydrogen-bond acceptors (Lipinski definition) is 1. The Morgan fingerprint density at radius 2 is 1.25 bits per heavy atom. The van der Waals surface area contributed by atoms with Gasteiger partial charge in [0.25, 0.3) is 0 Å². The summed E-state index contributed by atoms with van der Waals surface area (Å²) in [6.45, 7) is 0.820. The molecule has 0 aliphatic rings. The lowest BCUT2D eigenvalue weighted by molar-refractivity contribution is -0.138. The van der Waals surface area contributed by atoms with Crippen molar-refractivity contribution in [2.75, 3.05) is 0 Å².